The van der Waals surface area contributed by atoms with Crippen LogP contribution in [0.2, 0.25) is 0 Å². The Bertz CT molecular complexity index is 613. The molecule has 2 fully saturated rings. The van der Waals surface area contributed by atoms with Crippen molar-refractivity contribution in [1.82, 2.24) is 14.7 Å². The SMILES string of the molecule is CCc1ccccc1C(=O)N1CC[C@H](N2CCN(C)CC2)[C@H](CCCO)C1. The number of aliphatic hydroxyl groups is 1. The van der Waals surface area contributed by atoms with E-state index in [1.165, 1.54) is 0 Å². The molecule has 0 radical (unpaired) electrons. The first-order chi connectivity index (χ1) is 13.1. The van der Waals surface area contributed by atoms with E-state index in [9.17, 15) is 9.90 Å². The number of rotatable bonds is 6. The molecule has 27 heavy (non-hydrogen) atoms. The summed E-state index contributed by atoms with van der Waals surface area (Å²) in [6, 6.07) is 8.55. The number of hydrogen-bond donors (Lipinski definition) is 1. The van der Waals surface area contributed by atoms with Gasteiger partial charge in [0.25, 0.3) is 5.91 Å². The number of carbonyl (C=O) groups excluding carboxylic acids is 1. The Morgan fingerprint density at radius 2 is 1.89 bits per heavy atom. The number of hydrogen-bond acceptors (Lipinski definition) is 4. The van der Waals surface area contributed by atoms with Crippen molar-refractivity contribution >= 4 is 5.91 Å². The molecule has 0 bridgehead atoms. The van der Waals surface area contributed by atoms with Gasteiger partial charge in [-0.15, -0.1) is 0 Å². The van der Waals surface area contributed by atoms with Crippen LogP contribution in [0.5, 0.6) is 0 Å². The van der Waals surface area contributed by atoms with E-state index in [4.69, 9.17) is 0 Å². The molecular formula is C22H35N3O2. The van der Waals surface area contributed by atoms with Gasteiger partial charge in [0.2, 0.25) is 0 Å². The highest BCUT2D eigenvalue weighted by Crippen LogP contribution is 2.28. The van der Waals surface area contributed by atoms with Gasteiger partial charge in [0.05, 0.1) is 0 Å². The van der Waals surface area contributed by atoms with E-state index < -0.39 is 0 Å². The second kappa shape index (κ2) is 9.67. The minimum atomic E-state index is 0.179. The molecule has 2 aliphatic rings. The Hall–Kier alpha value is -1.43. The Balaban J connectivity index is 1.70. The average Bonchev–Trinajstić information content (AvgIpc) is 2.72. The first-order valence-corrected chi connectivity index (χ1v) is 10.5. The molecule has 2 heterocycles. The van der Waals surface area contributed by atoms with Gasteiger partial charge in [0.1, 0.15) is 0 Å². The molecule has 0 aliphatic carbocycles. The number of aliphatic hydroxyl groups excluding tert-OH is 1. The van der Waals surface area contributed by atoms with Gasteiger partial charge in [-0.3, -0.25) is 9.69 Å². The zero-order chi connectivity index (χ0) is 19.2. The summed E-state index contributed by atoms with van der Waals surface area (Å²) in [6.45, 7) is 8.46. The average molecular weight is 374 g/mol. The van der Waals surface area contributed by atoms with Gasteiger partial charge in [-0.25, -0.2) is 0 Å². The van der Waals surface area contributed by atoms with Crippen LogP contribution in [0.4, 0.5) is 0 Å². The minimum absolute atomic E-state index is 0.179. The zero-order valence-corrected chi connectivity index (χ0v) is 16.9. The summed E-state index contributed by atoms with van der Waals surface area (Å²) in [5.41, 5.74) is 1.99. The number of likely N-dealkylation sites (tertiary alicyclic amines) is 1. The lowest BCUT2D eigenvalue weighted by Gasteiger charge is -2.46. The van der Waals surface area contributed by atoms with Gasteiger partial charge in [0, 0.05) is 57.5 Å². The van der Waals surface area contributed by atoms with Crippen molar-refractivity contribution in [1.29, 1.82) is 0 Å². The molecule has 1 aromatic rings. The largest absolute Gasteiger partial charge is 0.396 e. The molecule has 0 aromatic heterocycles. The molecule has 0 saturated carbocycles. The number of carbonyl (C=O) groups is 1. The number of piperazine rings is 1. The highest BCUT2D eigenvalue weighted by molar-refractivity contribution is 5.95. The summed E-state index contributed by atoms with van der Waals surface area (Å²) in [5, 5.41) is 9.35. The monoisotopic (exact) mass is 373 g/mol. The summed E-state index contributed by atoms with van der Waals surface area (Å²) in [6.07, 6.45) is 3.74. The predicted octanol–water partition coefficient (Wildman–Crippen LogP) is 2.10. The van der Waals surface area contributed by atoms with E-state index in [0.717, 1.165) is 76.1 Å². The molecule has 0 unspecified atom stereocenters. The van der Waals surface area contributed by atoms with Gasteiger partial charge >= 0.3 is 0 Å². The Morgan fingerprint density at radius 1 is 1.15 bits per heavy atom. The molecule has 2 atom stereocenters. The molecule has 1 amide bonds. The number of piperidine rings is 1. The molecule has 1 aromatic carbocycles. The minimum Gasteiger partial charge on any atom is -0.396 e. The van der Waals surface area contributed by atoms with E-state index in [2.05, 4.69) is 34.7 Å². The number of benzene rings is 1. The second-order valence-electron chi connectivity index (χ2n) is 8.08. The number of nitrogens with zero attached hydrogens (tertiary/aromatic N) is 3. The number of aryl methyl sites for hydroxylation is 1. The Labute approximate surface area is 163 Å². The molecule has 0 spiro atoms. The molecule has 5 nitrogen and oxygen atoms in total. The normalized spacial score (nSPS) is 24.9. The maximum atomic E-state index is 13.2. The topological polar surface area (TPSA) is 47.0 Å². The fourth-order valence-electron chi connectivity index (χ4n) is 4.68. The van der Waals surface area contributed by atoms with Gasteiger partial charge in [-0.05, 0) is 50.3 Å². The molecule has 1 N–H and O–H groups in total. The lowest BCUT2D eigenvalue weighted by Crippen LogP contribution is -2.57. The smallest absolute Gasteiger partial charge is 0.254 e. The van der Waals surface area contributed by atoms with Crippen LogP contribution in [-0.4, -0.2) is 84.7 Å². The first-order valence-electron chi connectivity index (χ1n) is 10.5. The fourth-order valence-corrected chi connectivity index (χ4v) is 4.68. The van der Waals surface area contributed by atoms with Crippen molar-refractivity contribution < 1.29 is 9.90 Å². The maximum absolute atomic E-state index is 13.2. The van der Waals surface area contributed by atoms with Crippen molar-refractivity contribution in [3.63, 3.8) is 0 Å². The molecule has 2 aliphatic heterocycles. The third kappa shape index (κ3) is 4.89. The van der Waals surface area contributed by atoms with E-state index in [1.807, 2.05) is 18.2 Å². The number of likely N-dealkylation sites (N-methyl/N-ethyl adjacent to an activating group) is 1. The molecule has 150 valence electrons. The Kier molecular flexibility index (Phi) is 7.27. The zero-order valence-electron chi connectivity index (χ0n) is 16.9. The van der Waals surface area contributed by atoms with Crippen molar-refractivity contribution in [2.45, 2.75) is 38.6 Å². The van der Waals surface area contributed by atoms with Crippen LogP contribution in [0, 0.1) is 5.92 Å². The van der Waals surface area contributed by atoms with E-state index in [1.54, 1.807) is 0 Å². The fraction of sp³-hybridized carbons (Fsp3) is 0.682. The molecule has 2 saturated heterocycles. The highest BCUT2D eigenvalue weighted by Gasteiger charge is 2.36. The van der Waals surface area contributed by atoms with Crippen LogP contribution in [0.3, 0.4) is 0 Å². The van der Waals surface area contributed by atoms with E-state index >= 15 is 0 Å². The standard InChI is InChI=1S/C22H35N3O2/c1-3-18-7-4-5-9-20(18)22(27)25-11-10-21(19(17-25)8-6-16-26)24-14-12-23(2)13-15-24/h4-5,7,9,19,21,26H,3,6,8,10-17H2,1-2H3/t19-,21+/m1/s1. The number of amides is 1. The third-order valence-corrected chi connectivity index (χ3v) is 6.35. The highest BCUT2D eigenvalue weighted by atomic mass is 16.3. The second-order valence-corrected chi connectivity index (χ2v) is 8.08. The van der Waals surface area contributed by atoms with Crippen LogP contribution in [-0.2, 0) is 6.42 Å². The van der Waals surface area contributed by atoms with Crippen molar-refractivity contribution in [3.05, 3.63) is 35.4 Å². The Morgan fingerprint density at radius 3 is 2.59 bits per heavy atom. The van der Waals surface area contributed by atoms with Crippen molar-refractivity contribution in [3.8, 4) is 0 Å². The molecule has 5 heteroatoms. The maximum Gasteiger partial charge on any atom is 0.254 e. The van der Waals surface area contributed by atoms with Gasteiger partial charge < -0.3 is 14.9 Å². The van der Waals surface area contributed by atoms with Crippen LogP contribution < -0.4 is 0 Å². The summed E-state index contributed by atoms with van der Waals surface area (Å²) in [7, 11) is 2.19. The molecular weight excluding hydrogens is 338 g/mol. The van der Waals surface area contributed by atoms with Crippen LogP contribution in [0.25, 0.3) is 0 Å². The lowest BCUT2D eigenvalue weighted by molar-refractivity contribution is 0.0217. The molecule has 3 rings (SSSR count). The van der Waals surface area contributed by atoms with E-state index in [0.29, 0.717) is 12.0 Å². The van der Waals surface area contributed by atoms with Crippen molar-refractivity contribution in [2.75, 3.05) is 52.9 Å². The van der Waals surface area contributed by atoms with Gasteiger partial charge in [-0.2, -0.15) is 0 Å². The van der Waals surface area contributed by atoms with Crippen LogP contribution in [0.1, 0.15) is 42.1 Å². The third-order valence-electron chi connectivity index (χ3n) is 6.35. The van der Waals surface area contributed by atoms with Crippen LogP contribution >= 0.6 is 0 Å². The summed E-state index contributed by atoms with van der Waals surface area (Å²) < 4.78 is 0. The summed E-state index contributed by atoms with van der Waals surface area (Å²) in [4.78, 5) is 20.3. The predicted molar refractivity (Wildman–Crippen MR) is 109 cm³/mol. The van der Waals surface area contributed by atoms with Gasteiger partial charge in [0.15, 0.2) is 0 Å². The van der Waals surface area contributed by atoms with Crippen LogP contribution in [0.15, 0.2) is 24.3 Å². The van der Waals surface area contributed by atoms with E-state index in [-0.39, 0.29) is 12.5 Å². The first kappa shape index (κ1) is 20.3. The lowest BCUT2D eigenvalue weighted by atomic mass is 9.86. The van der Waals surface area contributed by atoms with Gasteiger partial charge in [-0.1, -0.05) is 25.1 Å². The van der Waals surface area contributed by atoms with Crippen molar-refractivity contribution in [2.24, 2.45) is 5.92 Å². The summed E-state index contributed by atoms with van der Waals surface area (Å²) in [5.74, 6) is 0.630. The summed E-state index contributed by atoms with van der Waals surface area (Å²) >= 11 is 0. The quantitative estimate of drug-likeness (QED) is 0.830.